The van der Waals surface area contributed by atoms with E-state index in [1.165, 1.54) is 6.42 Å². The number of benzene rings is 2. The number of alkyl carbamates (subject to hydrolysis) is 1. The molecule has 4 aliphatic carbocycles. The molecule has 1 heterocycles. The van der Waals surface area contributed by atoms with Crippen LogP contribution in [-0.4, -0.2) is 41.1 Å². The number of carbonyl (C=O) groups excluding carboxylic acids is 3. The van der Waals surface area contributed by atoms with E-state index in [1.54, 1.807) is 6.92 Å². The van der Waals surface area contributed by atoms with E-state index < -0.39 is 17.7 Å². The highest BCUT2D eigenvalue weighted by atomic mass is 16.6. The minimum Gasteiger partial charge on any atom is -0.446 e. The minimum absolute atomic E-state index is 0.0653. The molecule has 0 radical (unpaired) electrons. The first-order valence-corrected chi connectivity index (χ1v) is 16.0. The Labute approximate surface area is 253 Å². The summed E-state index contributed by atoms with van der Waals surface area (Å²) in [5, 5.41) is 10.1. The number of nitrogens with one attached hydrogen (secondary N) is 4. The van der Waals surface area contributed by atoms with E-state index in [1.807, 2.05) is 67.7 Å². The Morgan fingerprint density at radius 3 is 2.33 bits per heavy atom. The van der Waals surface area contributed by atoms with Crippen LogP contribution in [0.4, 0.5) is 4.79 Å². The third kappa shape index (κ3) is 6.43. The van der Waals surface area contributed by atoms with Crippen LogP contribution in [0.2, 0.25) is 0 Å². The second-order valence-corrected chi connectivity index (χ2v) is 13.3. The lowest BCUT2D eigenvalue weighted by molar-refractivity contribution is -0.128. The number of hydrogen-bond donors (Lipinski definition) is 4. The number of aromatic amines is 1. The first-order valence-electron chi connectivity index (χ1n) is 16.0. The zero-order valence-electron chi connectivity index (χ0n) is 25.2. The summed E-state index contributed by atoms with van der Waals surface area (Å²) in [7, 11) is 0. The van der Waals surface area contributed by atoms with Crippen molar-refractivity contribution in [1.82, 2.24) is 20.9 Å². The van der Waals surface area contributed by atoms with E-state index in [0.29, 0.717) is 18.3 Å². The highest BCUT2D eigenvalue weighted by Crippen LogP contribution is 2.54. The van der Waals surface area contributed by atoms with Crippen LogP contribution in [0.1, 0.15) is 76.0 Å². The van der Waals surface area contributed by atoms with Gasteiger partial charge in [-0.2, -0.15) is 0 Å². The highest BCUT2D eigenvalue weighted by Gasteiger charge is 2.50. The first-order chi connectivity index (χ1) is 20.8. The lowest BCUT2D eigenvalue weighted by atomic mass is 9.55. The second kappa shape index (κ2) is 12.4. The normalized spacial score (nSPS) is 26.0. The van der Waals surface area contributed by atoms with Gasteiger partial charge in [-0.25, -0.2) is 4.79 Å². The van der Waals surface area contributed by atoms with Crippen molar-refractivity contribution < 1.29 is 19.1 Å². The largest absolute Gasteiger partial charge is 0.446 e. The summed E-state index contributed by atoms with van der Waals surface area (Å²) in [6.07, 6.45) is 8.60. The SMILES string of the molecule is CCCC(=O)NC(CNC(=O)C(C)(Cc1c[nH]c2ccccc12)NC(=O)OC1C2CC3CC(C2)CC1C3)c1ccccc1. The van der Waals surface area contributed by atoms with Crippen LogP contribution in [0.5, 0.6) is 0 Å². The summed E-state index contributed by atoms with van der Waals surface area (Å²) in [6.45, 7) is 3.91. The molecule has 2 unspecified atom stereocenters. The summed E-state index contributed by atoms with van der Waals surface area (Å²) in [4.78, 5) is 43.4. The molecular formula is C35H44N4O4. The first kappa shape index (κ1) is 29.3. The maximum atomic E-state index is 14.0. The predicted octanol–water partition coefficient (Wildman–Crippen LogP) is 5.79. The van der Waals surface area contributed by atoms with Gasteiger partial charge in [-0.05, 0) is 86.3 Å². The zero-order chi connectivity index (χ0) is 30.0. The van der Waals surface area contributed by atoms with E-state index in [4.69, 9.17) is 4.74 Å². The van der Waals surface area contributed by atoms with Crippen LogP contribution in [-0.2, 0) is 20.7 Å². The van der Waals surface area contributed by atoms with Gasteiger partial charge in [-0.15, -0.1) is 0 Å². The van der Waals surface area contributed by atoms with E-state index >= 15 is 0 Å². The van der Waals surface area contributed by atoms with Gasteiger partial charge in [0.05, 0.1) is 6.04 Å². The molecule has 4 aliphatic rings. The van der Waals surface area contributed by atoms with E-state index in [0.717, 1.165) is 66.0 Å². The van der Waals surface area contributed by atoms with Crippen molar-refractivity contribution in [2.75, 3.05) is 6.54 Å². The molecule has 8 nitrogen and oxygen atoms in total. The maximum absolute atomic E-state index is 14.0. The molecule has 0 spiro atoms. The van der Waals surface area contributed by atoms with Gasteiger partial charge >= 0.3 is 6.09 Å². The number of para-hydroxylation sites is 1. The average molecular weight is 585 g/mol. The third-order valence-electron chi connectivity index (χ3n) is 9.96. The number of rotatable bonds is 11. The van der Waals surface area contributed by atoms with Crippen LogP contribution < -0.4 is 16.0 Å². The Kier molecular flexibility index (Phi) is 8.46. The predicted molar refractivity (Wildman–Crippen MR) is 166 cm³/mol. The number of ether oxygens (including phenoxy) is 1. The number of amides is 3. The Bertz CT molecular complexity index is 1420. The fourth-order valence-electron chi connectivity index (χ4n) is 8.11. The molecule has 3 amide bonds. The Morgan fingerprint density at radius 2 is 1.63 bits per heavy atom. The summed E-state index contributed by atoms with van der Waals surface area (Å²) in [5.74, 6) is 2.01. The maximum Gasteiger partial charge on any atom is 0.408 e. The molecule has 4 bridgehead atoms. The van der Waals surface area contributed by atoms with Crippen LogP contribution in [0.25, 0.3) is 10.9 Å². The lowest BCUT2D eigenvalue weighted by Gasteiger charge is -2.53. The summed E-state index contributed by atoms with van der Waals surface area (Å²) in [6, 6.07) is 17.2. The molecule has 2 aromatic carbocycles. The minimum atomic E-state index is -1.29. The molecule has 2 atom stereocenters. The van der Waals surface area contributed by atoms with Crippen molar-refractivity contribution >= 4 is 28.8 Å². The molecule has 0 aliphatic heterocycles. The molecule has 43 heavy (non-hydrogen) atoms. The molecule has 0 saturated heterocycles. The Hall–Kier alpha value is -3.81. The molecule has 228 valence electrons. The van der Waals surface area contributed by atoms with E-state index in [-0.39, 0.29) is 30.9 Å². The smallest absolute Gasteiger partial charge is 0.408 e. The quantitative estimate of drug-likeness (QED) is 0.228. The van der Waals surface area contributed by atoms with Gasteiger partial charge in [-0.1, -0.05) is 55.5 Å². The topological polar surface area (TPSA) is 112 Å². The molecule has 7 rings (SSSR count). The van der Waals surface area contributed by atoms with Crippen molar-refractivity contribution in [3.63, 3.8) is 0 Å². The molecule has 1 aromatic heterocycles. The Balaban J connectivity index is 1.20. The lowest BCUT2D eigenvalue weighted by Crippen LogP contribution is -2.60. The van der Waals surface area contributed by atoms with Gasteiger partial charge in [0, 0.05) is 36.5 Å². The standard InChI is InChI=1S/C35H44N4O4/c1-3-9-31(40)38-30(24-10-5-4-6-11-24)21-37-33(41)35(2,19-27-20-36-29-13-8-7-12-28(27)29)39-34(42)43-32-25-15-22-14-23(17-25)18-26(32)16-22/h4-8,10-13,20,22-23,25-26,30,32,36H,3,9,14-19,21H2,1-2H3,(H,37,41)(H,38,40)(H,39,42). The fourth-order valence-corrected chi connectivity index (χ4v) is 8.11. The number of H-pyrrole nitrogens is 1. The van der Waals surface area contributed by atoms with Gasteiger partial charge in [0.15, 0.2) is 0 Å². The van der Waals surface area contributed by atoms with Crippen molar-refractivity contribution in [3.05, 3.63) is 71.9 Å². The van der Waals surface area contributed by atoms with E-state index in [2.05, 4.69) is 20.9 Å². The number of hydrogen-bond acceptors (Lipinski definition) is 4. The van der Waals surface area contributed by atoms with Crippen molar-refractivity contribution in [1.29, 1.82) is 0 Å². The Morgan fingerprint density at radius 1 is 0.953 bits per heavy atom. The van der Waals surface area contributed by atoms with Gasteiger partial charge in [-0.3, -0.25) is 9.59 Å². The van der Waals surface area contributed by atoms with Gasteiger partial charge in [0.2, 0.25) is 11.8 Å². The highest BCUT2D eigenvalue weighted by molar-refractivity contribution is 5.91. The molecule has 4 fully saturated rings. The monoisotopic (exact) mass is 584 g/mol. The zero-order valence-corrected chi connectivity index (χ0v) is 25.2. The fraction of sp³-hybridized carbons (Fsp3) is 0.514. The third-order valence-corrected chi connectivity index (χ3v) is 9.96. The average Bonchev–Trinajstić information content (AvgIpc) is 3.39. The van der Waals surface area contributed by atoms with Crippen LogP contribution in [0, 0.1) is 23.7 Å². The van der Waals surface area contributed by atoms with Gasteiger partial charge in [0.1, 0.15) is 11.6 Å². The molecule has 4 saturated carbocycles. The van der Waals surface area contributed by atoms with E-state index in [9.17, 15) is 14.4 Å². The number of aromatic nitrogens is 1. The number of carbonyl (C=O) groups is 3. The molecule has 4 N–H and O–H groups in total. The summed E-state index contributed by atoms with van der Waals surface area (Å²) < 4.78 is 6.16. The summed E-state index contributed by atoms with van der Waals surface area (Å²) in [5.41, 5.74) is 1.51. The molecule has 3 aromatic rings. The van der Waals surface area contributed by atoms with Crippen molar-refractivity contribution in [2.45, 2.75) is 82.9 Å². The number of fused-ring (bicyclic) bond motifs is 1. The van der Waals surface area contributed by atoms with Crippen LogP contribution >= 0.6 is 0 Å². The van der Waals surface area contributed by atoms with Crippen molar-refractivity contribution in [3.8, 4) is 0 Å². The van der Waals surface area contributed by atoms with Crippen molar-refractivity contribution in [2.24, 2.45) is 23.7 Å². The molecule has 8 heteroatoms. The van der Waals surface area contributed by atoms with Crippen LogP contribution in [0.15, 0.2) is 60.8 Å². The molecular weight excluding hydrogens is 540 g/mol. The van der Waals surface area contributed by atoms with Crippen LogP contribution in [0.3, 0.4) is 0 Å². The second-order valence-electron chi connectivity index (χ2n) is 13.3. The van der Waals surface area contributed by atoms with Gasteiger partial charge < -0.3 is 25.7 Å². The van der Waals surface area contributed by atoms with Gasteiger partial charge in [0.25, 0.3) is 0 Å². The summed E-state index contributed by atoms with van der Waals surface area (Å²) >= 11 is 0.